The highest BCUT2D eigenvalue weighted by molar-refractivity contribution is 7.99. The lowest BCUT2D eigenvalue weighted by molar-refractivity contribution is -0.122. The number of nitrogens with zero attached hydrogens (tertiary/aromatic N) is 1. The summed E-state index contributed by atoms with van der Waals surface area (Å²) in [5.74, 6) is 0.437. The lowest BCUT2D eigenvalue weighted by Crippen LogP contribution is -2.49. The Balaban J connectivity index is 2.01. The van der Waals surface area contributed by atoms with Crippen molar-refractivity contribution in [1.29, 1.82) is 0 Å². The second-order valence-electron chi connectivity index (χ2n) is 5.77. The van der Waals surface area contributed by atoms with E-state index >= 15 is 0 Å². The van der Waals surface area contributed by atoms with Crippen LogP contribution >= 0.6 is 11.8 Å². The Hall–Kier alpha value is -1.99. The minimum absolute atomic E-state index is 0.282. The Labute approximate surface area is 159 Å². The van der Waals surface area contributed by atoms with Gasteiger partial charge in [0.1, 0.15) is 6.04 Å². The van der Waals surface area contributed by atoms with Crippen LogP contribution in [0.25, 0.3) is 0 Å². The topological polar surface area (TPSA) is 66.5 Å². The van der Waals surface area contributed by atoms with Crippen LogP contribution < -0.4 is 9.62 Å². The zero-order chi connectivity index (χ0) is 19.0. The fourth-order valence-electron chi connectivity index (χ4n) is 2.61. The average molecular weight is 393 g/mol. The third-order valence-electron chi connectivity index (χ3n) is 3.75. The van der Waals surface area contributed by atoms with Crippen molar-refractivity contribution in [2.24, 2.45) is 0 Å². The predicted molar refractivity (Wildman–Crippen MR) is 108 cm³/mol. The second-order valence-corrected chi connectivity index (χ2v) is 8.80. The van der Waals surface area contributed by atoms with Crippen LogP contribution in [-0.4, -0.2) is 38.9 Å². The first kappa shape index (κ1) is 20.3. The summed E-state index contributed by atoms with van der Waals surface area (Å²) >= 11 is 1.65. The summed E-state index contributed by atoms with van der Waals surface area (Å²) in [7, 11) is -3.58. The number of sulfonamides is 1. The van der Waals surface area contributed by atoms with E-state index in [-0.39, 0.29) is 5.91 Å². The Morgan fingerprint density at radius 3 is 2.19 bits per heavy atom. The Bertz CT molecular complexity index is 796. The number of anilines is 1. The predicted octanol–water partition coefficient (Wildman–Crippen LogP) is 3.14. The molecule has 1 N–H and O–H groups in total. The number of benzene rings is 2. The number of carbonyl (C=O) groups excluding carboxylic acids is 1. The molecule has 2 aromatic carbocycles. The lowest BCUT2D eigenvalue weighted by Gasteiger charge is -2.30. The minimum Gasteiger partial charge on any atom is -0.353 e. The summed E-state index contributed by atoms with van der Waals surface area (Å²) < 4.78 is 25.8. The van der Waals surface area contributed by atoms with E-state index < -0.39 is 16.1 Å². The molecular formula is C19H24N2O3S2. The lowest BCUT2D eigenvalue weighted by atomic mass is 10.2. The molecule has 26 heavy (non-hydrogen) atoms. The first-order valence-electron chi connectivity index (χ1n) is 8.43. The van der Waals surface area contributed by atoms with Crippen molar-refractivity contribution < 1.29 is 13.2 Å². The molecule has 0 aliphatic rings. The van der Waals surface area contributed by atoms with Crippen LogP contribution in [-0.2, 0) is 14.8 Å². The van der Waals surface area contributed by atoms with Crippen molar-refractivity contribution in [2.45, 2.75) is 24.3 Å². The fraction of sp³-hybridized carbons (Fsp3) is 0.316. The number of carbonyl (C=O) groups is 1. The molecule has 1 unspecified atom stereocenters. The van der Waals surface area contributed by atoms with E-state index in [4.69, 9.17) is 0 Å². The molecule has 140 valence electrons. The van der Waals surface area contributed by atoms with Crippen LogP contribution in [0, 0.1) is 0 Å². The van der Waals surface area contributed by atoms with Gasteiger partial charge >= 0.3 is 0 Å². The first-order valence-corrected chi connectivity index (χ1v) is 11.3. The van der Waals surface area contributed by atoms with Gasteiger partial charge in [-0.1, -0.05) is 43.3 Å². The molecule has 5 nitrogen and oxygen atoms in total. The van der Waals surface area contributed by atoms with Crippen molar-refractivity contribution in [1.82, 2.24) is 5.32 Å². The smallest absolute Gasteiger partial charge is 0.243 e. The van der Waals surface area contributed by atoms with E-state index in [9.17, 15) is 13.2 Å². The molecule has 2 rings (SSSR count). The van der Waals surface area contributed by atoms with Crippen LogP contribution in [0.5, 0.6) is 0 Å². The number of hydrogen-bond acceptors (Lipinski definition) is 4. The van der Waals surface area contributed by atoms with Crippen LogP contribution in [0.15, 0.2) is 65.6 Å². The average Bonchev–Trinajstić information content (AvgIpc) is 2.63. The van der Waals surface area contributed by atoms with Crippen LogP contribution in [0.2, 0.25) is 0 Å². The van der Waals surface area contributed by atoms with Gasteiger partial charge in [0.2, 0.25) is 15.9 Å². The second kappa shape index (κ2) is 9.64. The Morgan fingerprint density at radius 2 is 1.65 bits per heavy atom. The maximum atomic E-state index is 12.6. The van der Waals surface area contributed by atoms with E-state index in [1.807, 2.05) is 43.3 Å². The van der Waals surface area contributed by atoms with Crippen LogP contribution in [0.1, 0.15) is 13.3 Å². The number of rotatable bonds is 9. The number of hydrogen-bond donors (Lipinski definition) is 1. The molecule has 0 heterocycles. The van der Waals surface area contributed by atoms with Gasteiger partial charge in [-0.3, -0.25) is 9.10 Å². The molecule has 0 aliphatic carbocycles. The summed E-state index contributed by atoms with van der Waals surface area (Å²) in [6.07, 6.45) is 1.51. The summed E-state index contributed by atoms with van der Waals surface area (Å²) in [6.45, 7) is 2.28. The summed E-state index contributed by atoms with van der Waals surface area (Å²) in [6, 6.07) is 17.9. The minimum atomic E-state index is -3.58. The molecule has 0 fully saturated rings. The molecule has 1 amide bonds. The SMILES string of the molecule is CCC(C(=O)NCCSc1ccccc1)N(c1ccccc1)S(C)(=O)=O. The molecule has 0 radical (unpaired) electrons. The molecule has 7 heteroatoms. The zero-order valence-corrected chi connectivity index (χ0v) is 16.6. The number of thioether (sulfide) groups is 1. The summed E-state index contributed by atoms with van der Waals surface area (Å²) in [5, 5.41) is 2.86. The van der Waals surface area contributed by atoms with Gasteiger partial charge in [-0.2, -0.15) is 0 Å². The van der Waals surface area contributed by atoms with Gasteiger partial charge in [0.05, 0.1) is 11.9 Å². The molecule has 0 aromatic heterocycles. The molecule has 0 aliphatic heterocycles. The molecule has 0 saturated heterocycles. The molecule has 2 aromatic rings. The van der Waals surface area contributed by atoms with E-state index in [0.29, 0.717) is 18.7 Å². The van der Waals surface area contributed by atoms with E-state index in [1.165, 1.54) is 4.31 Å². The number of para-hydroxylation sites is 1. The fourth-order valence-corrected chi connectivity index (χ4v) is 4.61. The van der Waals surface area contributed by atoms with E-state index in [2.05, 4.69) is 5.32 Å². The van der Waals surface area contributed by atoms with Crippen LogP contribution in [0.4, 0.5) is 5.69 Å². The monoisotopic (exact) mass is 392 g/mol. The van der Waals surface area contributed by atoms with Crippen molar-refractivity contribution in [3.8, 4) is 0 Å². The highest BCUT2D eigenvalue weighted by atomic mass is 32.2. The standard InChI is InChI=1S/C19H24N2O3S2/c1-3-18(21(26(2,23)24)16-10-6-4-7-11-16)19(22)20-14-15-25-17-12-8-5-9-13-17/h4-13,18H,3,14-15H2,1-2H3,(H,20,22). The van der Waals surface area contributed by atoms with E-state index in [1.54, 1.807) is 36.0 Å². The maximum Gasteiger partial charge on any atom is 0.243 e. The summed E-state index contributed by atoms with van der Waals surface area (Å²) in [4.78, 5) is 13.8. The number of nitrogens with one attached hydrogen (secondary N) is 1. The largest absolute Gasteiger partial charge is 0.353 e. The molecule has 0 spiro atoms. The third kappa shape index (κ3) is 5.78. The number of amides is 1. The van der Waals surface area contributed by atoms with Gasteiger partial charge < -0.3 is 5.32 Å². The Morgan fingerprint density at radius 1 is 1.08 bits per heavy atom. The zero-order valence-electron chi connectivity index (χ0n) is 15.0. The van der Waals surface area contributed by atoms with Gasteiger partial charge in [-0.05, 0) is 30.7 Å². The van der Waals surface area contributed by atoms with Crippen molar-refractivity contribution >= 4 is 33.4 Å². The third-order valence-corrected chi connectivity index (χ3v) is 5.95. The van der Waals surface area contributed by atoms with Crippen molar-refractivity contribution in [2.75, 3.05) is 22.9 Å². The first-order chi connectivity index (χ1) is 12.4. The van der Waals surface area contributed by atoms with Gasteiger partial charge in [0.25, 0.3) is 0 Å². The van der Waals surface area contributed by atoms with Crippen molar-refractivity contribution in [3.05, 3.63) is 60.7 Å². The molecular weight excluding hydrogens is 368 g/mol. The van der Waals surface area contributed by atoms with Gasteiger partial charge in [0, 0.05) is 17.2 Å². The maximum absolute atomic E-state index is 12.6. The molecule has 1 atom stereocenters. The quantitative estimate of drug-likeness (QED) is 0.526. The van der Waals surface area contributed by atoms with Crippen molar-refractivity contribution in [3.63, 3.8) is 0 Å². The normalized spacial score (nSPS) is 12.4. The molecule has 0 saturated carbocycles. The highest BCUT2D eigenvalue weighted by Crippen LogP contribution is 2.22. The van der Waals surface area contributed by atoms with E-state index in [0.717, 1.165) is 16.9 Å². The van der Waals surface area contributed by atoms with Gasteiger partial charge in [0.15, 0.2) is 0 Å². The summed E-state index contributed by atoms with van der Waals surface area (Å²) in [5.41, 5.74) is 0.496. The van der Waals surface area contributed by atoms with Crippen LogP contribution in [0.3, 0.4) is 0 Å². The highest BCUT2D eigenvalue weighted by Gasteiger charge is 2.31. The van der Waals surface area contributed by atoms with Gasteiger partial charge in [-0.15, -0.1) is 11.8 Å². The Kier molecular flexibility index (Phi) is 7.53. The van der Waals surface area contributed by atoms with Gasteiger partial charge in [-0.25, -0.2) is 8.42 Å². The molecule has 0 bridgehead atoms.